The molecule has 0 unspecified atom stereocenters. The van der Waals surface area contributed by atoms with Gasteiger partial charge in [0, 0.05) is 35.4 Å². The van der Waals surface area contributed by atoms with Gasteiger partial charge in [-0.1, -0.05) is 18.5 Å². The van der Waals surface area contributed by atoms with Crippen LogP contribution in [0.4, 0.5) is 5.82 Å². The fourth-order valence-electron chi connectivity index (χ4n) is 4.96. The summed E-state index contributed by atoms with van der Waals surface area (Å²) in [5.74, 6) is -0.506. The van der Waals surface area contributed by atoms with Crippen LogP contribution in [-0.4, -0.2) is 62.4 Å². The minimum absolute atomic E-state index is 0.125. The number of hydrogen-bond donors (Lipinski definition) is 1. The molecule has 0 spiro atoms. The summed E-state index contributed by atoms with van der Waals surface area (Å²) in [6.07, 6.45) is 8.01. The molecule has 0 radical (unpaired) electrons. The minimum atomic E-state index is -0.744. The van der Waals surface area contributed by atoms with Gasteiger partial charge in [0.1, 0.15) is 16.5 Å². The summed E-state index contributed by atoms with van der Waals surface area (Å²) >= 11 is 9.36. The van der Waals surface area contributed by atoms with Crippen molar-refractivity contribution in [3.05, 3.63) is 44.4 Å². The zero-order chi connectivity index (χ0) is 26.2. The SMILES string of the molecule is CCC1(N(C)Cc2sc(CC(=O)c3cnc(N4CCC(C(=O)O)CC4)cn3)nc2-c2cc(Cl)cs2)CC1. The van der Waals surface area contributed by atoms with Crippen LogP contribution in [0.15, 0.2) is 23.8 Å². The topological polar surface area (TPSA) is 99.5 Å². The molecule has 0 bridgehead atoms. The third-order valence-corrected chi connectivity index (χ3v) is 9.95. The summed E-state index contributed by atoms with van der Waals surface area (Å²) in [4.78, 5) is 44.6. The number of thiazole rings is 1. The first-order chi connectivity index (χ1) is 17.8. The van der Waals surface area contributed by atoms with Crippen LogP contribution in [0.1, 0.15) is 59.4 Å². The summed E-state index contributed by atoms with van der Waals surface area (Å²) in [5, 5.41) is 12.6. The van der Waals surface area contributed by atoms with Crippen LogP contribution < -0.4 is 4.90 Å². The molecule has 5 rings (SSSR count). The number of ketones is 1. The first-order valence-corrected chi connectivity index (χ1v) is 14.6. The second-order valence-corrected chi connectivity index (χ2v) is 12.4. The lowest BCUT2D eigenvalue weighted by molar-refractivity contribution is -0.142. The molecule has 3 aromatic rings. The van der Waals surface area contributed by atoms with Gasteiger partial charge in [0.25, 0.3) is 0 Å². The van der Waals surface area contributed by atoms with Crippen molar-refractivity contribution in [2.24, 2.45) is 5.92 Å². The van der Waals surface area contributed by atoms with E-state index in [0.717, 1.165) is 33.4 Å². The average molecular weight is 560 g/mol. The van der Waals surface area contributed by atoms with Gasteiger partial charge < -0.3 is 10.0 Å². The molecule has 2 fully saturated rings. The molecule has 0 atom stereocenters. The number of piperidine rings is 1. The van der Waals surface area contributed by atoms with Gasteiger partial charge >= 0.3 is 5.97 Å². The van der Waals surface area contributed by atoms with Gasteiger partial charge in [-0.05, 0) is 45.2 Å². The Hall–Kier alpha value is -2.40. The molecule has 1 aliphatic heterocycles. The van der Waals surface area contributed by atoms with Crippen LogP contribution in [0, 0.1) is 5.92 Å². The van der Waals surface area contributed by atoms with E-state index in [1.54, 1.807) is 28.9 Å². The minimum Gasteiger partial charge on any atom is -0.481 e. The van der Waals surface area contributed by atoms with Gasteiger partial charge in [-0.25, -0.2) is 15.0 Å². The quantitative estimate of drug-likeness (QED) is 0.329. The van der Waals surface area contributed by atoms with E-state index < -0.39 is 5.97 Å². The lowest BCUT2D eigenvalue weighted by Gasteiger charge is -2.30. The van der Waals surface area contributed by atoms with E-state index in [1.165, 1.54) is 19.0 Å². The molecule has 0 aromatic carbocycles. The number of rotatable bonds is 10. The lowest BCUT2D eigenvalue weighted by Crippen LogP contribution is -2.36. The fraction of sp³-hybridized carbons (Fsp3) is 0.500. The van der Waals surface area contributed by atoms with Gasteiger partial charge in [0.15, 0.2) is 5.78 Å². The number of carbonyl (C=O) groups excluding carboxylic acids is 1. The molecule has 1 N–H and O–H groups in total. The predicted molar refractivity (Wildman–Crippen MR) is 147 cm³/mol. The number of aliphatic carboxylic acids is 1. The molecule has 37 heavy (non-hydrogen) atoms. The normalized spacial score (nSPS) is 17.4. The number of carboxylic acid groups (broad SMARTS) is 1. The molecule has 1 saturated carbocycles. The number of carbonyl (C=O) groups is 2. The number of Topliss-reactive ketones (excluding diaryl/α,β-unsaturated/α-hetero) is 1. The summed E-state index contributed by atoms with van der Waals surface area (Å²) < 4.78 is 0. The Balaban J connectivity index is 1.29. The van der Waals surface area contributed by atoms with E-state index in [9.17, 15) is 14.7 Å². The van der Waals surface area contributed by atoms with Gasteiger partial charge in [-0.15, -0.1) is 22.7 Å². The number of halogens is 1. The fourth-order valence-corrected chi connectivity index (χ4v) is 7.25. The molecule has 196 valence electrons. The van der Waals surface area contributed by atoms with Crippen LogP contribution in [-0.2, 0) is 17.8 Å². The van der Waals surface area contributed by atoms with Crippen molar-refractivity contribution in [2.75, 3.05) is 25.0 Å². The van der Waals surface area contributed by atoms with Crippen LogP contribution in [0.3, 0.4) is 0 Å². The van der Waals surface area contributed by atoms with Gasteiger partial charge in [0.05, 0.1) is 40.3 Å². The number of carboxylic acids is 1. The third-order valence-electron chi connectivity index (χ3n) is 7.62. The zero-order valence-electron chi connectivity index (χ0n) is 20.9. The maximum absolute atomic E-state index is 13.1. The maximum Gasteiger partial charge on any atom is 0.306 e. The van der Waals surface area contributed by atoms with Crippen molar-refractivity contribution in [1.29, 1.82) is 0 Å². The van der Waals surface area contributed by atoms with Crippen molar-refractivity contribution in [3.8, 4) is 10.6 Å². The summed E-state index contributed by atoms with van der Waals surface area (Å²) in [6, 6.07) is 1.94. The van der Waals surface area contributed by atoms with E-state index in [2.05, 4.69) is 28.8 Å². The van der Waals surface area contributed by atoms with Crippen molar-refractivity contribution >= 4 is 51.8 Å². The highest BCUT2D eigenvalue weighted by Crippen LogP contribution is 2.45. The maximum atomic E-state index is 13.1. The molecule has 1 aliphatic carbocycles. The summed E-state index contributed by atoms with van der Waals surface area (Å²) in [7, 11) is 2.17. The van der Waals surface area contributed by atoms with Crippen molar-refractivity contribution < 1.29 is 14.7 Å². The Morgan fingerprint density at radius 3 is 2.57 bits per heavy atom. The number of hydrogen-bond acceptors (Lipinski definition) is 9. The first-order valence-electron chi connectivity index (χ1n) is 12.5. The second kappa shape index (κ2) is 10.8. The summed E-state index contributed by atoms with van der Waals surface area (Å²) in [5.41, 5.74) is 1.50. The first kappa shape index (κ1) is 26.2. The van der Waals surface area contributed by atoms with E-state index >= 15 is 0 Å². The van der Waals surface area contributed by atoms with Gasteiger partial charge in [-0.2, -0.15) is 0 Å². The smallest absolute Gasteiger partial charge is 0.306 e. The Labute approximate surface area is 229 Å². The van der Waals surface area contributed by atoms with E-state index in [0.29, 0.717) is 42.5 Å². The number of nitrogens with zero attached hydrogens (tertiary/aromatic N) is 5. The molecular formula is C26H30ClN5O3S2. The molecular weight excluding hydrogens is 530 g/mol. The van der Waals surface area contributed by atoms with Gasteiger partial charge in [-0.3, -0.25) is 14.5 Å². The van der Waals surface area contributed by atoms with E-state index in [1.807, 2.05) is 16.3 Å². The van der Waals surface area contributed by atoms with Crippen LogP contribution in [0.5, 0.6) is 0 Å². The Kier molecular flexibility index (Phi) is 7.63. The summed E-state index contributed by atoms with van der Waals surface area (Å²) in [6.45, 7) is 4.26. The predicted octanol–water partition coefficient (Wildman–Crippen LogP) is 5.42. The van der Waals surface area contributed by atoms with Crippen LogP contribution in [0.2, 0.25) is 5.02 Å². The number of aromatic nitrogens is 3. The Morgan fingerprint density at radius 2 is 2.00 bits per heavy atom. The number of thiophene rings is 1. The molecule has 1 saturated heterocycles. The lowest BCUT2D eigenvalue weighted by atomic mass is 9.97. The molecule has 11 heteroatoms. The average Bonchev–Trinajstić information content (AvgIpc) is 3.45. The standard InChI is InChI=1S/C26H30ClN5O3S2/c1-3-26(6-7-26)31(2)14-21-24(20-10-17(27)15-36-20)30-23(37-21)11-19(33)18-12-29-22(13-28-18)32-8-4-16(5-9-32)25(34)35/h10,12-13,15-16H,3-9,11,14H2,1-2H3,(H,34,35). The van der Waals surface area contributed by atoms with Crippen molar-refractivity contribution in [2.45, 2.75) is 57.5 Å². The Bertz CT molecular complexity index is 1280. The monoisotopic (exact) mass is 559 g/mol. The molecule has 0 amide bonds. The largest absolute Gasteiger partial charge is 0.481 e. The second-order valence-electron chi connectivity index (χ2n) is 9.90. The number of anilines is 1. The highest BCUT2D eigenvalue weighted by atomic mass is 35.5. The van der Waals surface area contributed by atoms with Crippen molar-refractivity contribution in [3.63, 3.8) is 0 Å². The third kappa shape index (κ3) is 5.72. The van der Waals surface area contributed by atoms with E-state index in [-0.39, 0.29) is 23.7 Å². The molecule has 2 aliphatic rings. The van der Waals surface area contributed by atoms with Crippen LogP contribution >= 0.6 is 34.3 Å². The molecule has 8 nitrogen and oxygen atoms in total. The van der Waals surface area contributed by atoms with Gasteiger partial charge in [0.2, 0.25) is 0 Å². The molecule has 4 heterocycles. The Morgan fingerprint density at radius 1 is 1.24 bits per heavy atom. The highest BCUT2D eigenvalue weighted by molar-refractivity contribution is 7.15. The van der Waals surface area contributed by atoms with E-state index in [4.69, 9.17) is 16.6 Å². The van der Waals surface area contributed by atoms with Crippen molar-refractivity contribution in [1.82, 2.24) is 19.9 Å². The van der Waals surface area contributed by atoms with Crippen LogP contribution in [0.25, 0.3) is 10.6 Å². The molecule has 3 aromatic heterocycles. The highest BCUT2D eigenvalue weighted by Gasteiger charge is 2.44. The zero-order valence-corrected chi connectivity index (χ0v) is 23.3.